The third-order valence-electron chi connectivity index (χ3n) is 5.03. The molecule has 0 spiro atoms. The van der Waals surface area contributed by atoms with Crippen molar-refractivity contribution in [3.63, 3.8) is 0 Å². The van der Waals surface area contributed by atoms with Gasteiger partial charge in [0.1, 0.15) is 0 Å². The van der Waals surface area contributed by atoms with Crippen LogP contribution in [0.3, 0.4) is 0 Å². The van der Waals surface area contributed by atoms with E-state index in [1.165, 1.54) is 49.1 Å². The molecule has 3 unspecified atom stereocenters. The maximum Gasteiger partial charge on any atom is 0.0644 e. The van der Waals surface area contributed by atoms with Crippen LogP contribution in [0.4, 0.5) is 0 Å². The van der Waals surface area contributed by atoms with Gasteiger partial charge in [-0.15, -0.1) is 0 Å². The van der Waals surface area contributed by atoms with Crippen LogP contribution in [0, 0.1) is 19.8 Å². The Labute approximate surface area is 124 Å². The van der Waals surface area contributed by atoms with E-state index in [0.29, 0.717) is 12.1 Å². The molecule has 3 atom stereocenters. The Kier molecular flexibility index (Phi) is 5.25. The monoisotopic (exact) mass is 277 g/mol. The summed E-state index contributed by atoms with van der Waals surface area (Å²) in [6.07, 6.45) is 6.71. The summed E-state index contributed by atoms with van der Waals surface area (Å²) >= 11 is 0. The minimum atomic E-state index is 0.400. The molecule has 1 aliphatic carbocycles. The van der Waals surface area contributed by atoms with Gasteiger partial charge in [-0.3, -0.25) is 4.68 Å². The van der Waals surface area contributed by atoms with Crippen LogP contribution < -0.4 is 5.32 Å². The molecule has 1 heterocycles. The summed E-state index contributed by atoms with van der Waals surface area (Å²) in [7, 11) is 0. The SMILES string of the molecule is CCNC(C)c1c(C)nn(C2CCCCC2CC)c1C. The first-order chi connectivity index (χ1) is 9.60. The van der Waals surface area contributed by atoms with Crippen molar-refractivity contribution >= 4 is 0 Å². The van der Waals surface area contributed by atoms with E-state index in [-0.39, 0.29) is 0 Å². The number of hydrogen-bond donors (Lipinski definition) is 1. The van der Waals surface area contributed by atoms with Crippen molar-refractivity contribution < 1.29 is 0 Å². The zero-order valence-electron chi connectivity index (χ0n) is 13.9. The predicted octanol–water partition coefficient (Wildman–Crippen LogP) is 4.31. The molecule has 0 saturated heterocycles. The molecule has 1 aromatic heterocycles. The van der Waals surface area contributed by atoms with E-state index in [1.54, 1.807) is 0 Å². The topological polar surface area (TPSA) is 29.9 Å². The Morgan fingerprint density at radius 3 is 2.60 bits per heavy atom. The molecule has 1 fully saturated rings. The van der Waals surface area contributed by atoms with Crippen LogP contribution in [0.2, 0.25) is 0 Å². The Morgan fingerprint density at radius 2 is 1.95 bits per heavy atom. The van der Waals surface area contributed by atoms with Crippen molar-refractivity contribution in [3.8, 4) is 0 Å². The molecular weight excluding hydrogens is 246 g/mol. The number of nitrogens with one attached hydrogen (secondary N) is 1. The van der Waals surface area contributed by atoms with E-state index in [2.05, 4.69) is 44.6 Å². The van der Waals surface area contributed by atoms with Crippen LogP contribution in [0.25, 0.3) is 0 Å². The summed E-state index contributed by atoms with van der Waals surface area (Å²) in [5.74, 6) is 0.809. The summed E-state index contributed by atoms with van der Waals surface area (Å²) < 4.78 is 2.35. The summed E-state index contributed by atoms with van der Waals surface area (Å²) in [6.45, 7) is 12.2. The molecule has 1 aromatic rings. The van der Waals surface area contributed by atoms with E-state index in [9.17, 15) is 0 Å². The molecule has 1 aliphatic rings. The van der Waals surface area contributed by atoms with Gasteiger partial charge in [-0.2, -0.15) is 5.10 Å². The standard InChI is InChI=1S/C17H31N3/c1-6-15-10-8-9-11-16(15)20-14(5)17(13(4)19-20)12(3)18-7-2/h12,15-16,18H,6-11H2,1-5H3. The van der Waals surface area contributed by atoms with Crippen LogP contribution in [-0.4, -0.2) is 16.3 Å². The lowest BCUT2D eigenvalue weighted by atomic mass is 9.83. The molecule has 0 radical (unpaired) electrons. The second-order valence-electron chi connectivity index (χ2n) is 6.33. The lowest BCUT2D eigenvalue weighted by molar-refractivity contribution is 0.214. The maximum absolute atomic E-state index is 4.91. The van der Waals surface area contributed by atoms with E-state index in [1.807, 2.05) is 0 Å². The highest BCUT2D eigenvalue weighted by atomic mass is 15.3. The molecular formula is C17H31N3. The molecule has 20 heavy (non-hydrogen) atoms. The van der Waals surface area contributed by atoms with Crippen LogP contribution in [0.1, 0.15) is 81.9 Å². The largest absolute Gasteiger partial charge is 0.310 e. The third kappa shape index (κ3) is 2.93. The quantitative estimate of drug-likeness (QED) is 0.869. The van der Waals surface area contributed by atoms with Gasteiger partial charge < -0.3 is 5.32 Å². The van der Waals surface area contributed by atoms with Gasteiger partial charge in [0, 0.05) is 17.3 Å². The van der Waals surface area contributed by atoms with Crippen LogP contribution in [0.15, 0.2) is 0 Å². The van der Waals surface area contributed by atoms with Crippen molar-refractivity contribution in [2.75, 3.05) is 6.54 Å². The highest BCUT2D eigenvalue weighted by Gasteiger charge is 2.29. The Morgan fingerprint density at radius 1 is 1.25 bits per heavy atom. The molecule has 3 nitrogen and oxygen atoms in total. The number of hydrogen-bond acceptors (Lipinski definition) is 2. The van der Waals surface area contributed by atoms with Gasteiger partial charge in [-0.1, -0.05) is 33.1 Å². The molecule has 0 aliphatic heterocycles. The van der Waals surface area contributed by atoms with Crippen molar-refractivity contribution in [1.29, 1.82) is 0 Å². The molecule has 114 valence electrons. The summed E-state index contributed by atoms with van der Waals surface area (Å²) in [5, 5.41) is 8.44. The minimum absolute atomic E-state index is 0.400. The first-order valence-electron chi connectivity index (χ1n) is 8.39. The Bertz CT molecular complexity index is 436. The van der Waals surface area contributed by atoms with Gasteiger partial charge in [0.05, 0.1) is 11.7 Å². The first-order valence-corrected chi connectivity index (χ1v) is 8.39. The molecule has 1 saturated carbocycles. The average Bonchev–Trinajstić information content (AvgIpc) is 2.74. The number of aromatic nitrogens is 2. The number of nitrogens with zero attached hydrogens (tertiary/aromatic N) is 2. The summed E-state index contributed by atoms with van der Waals surface area (Å²) in [4.78, 5) is 0. The molecule has 0 aromatic carbocycles. The third-order valence-corrected chi connectivity index (χ3v) is 5.03. The Hall–Kier alpha value is -0.830. The lowest BCUT2D eigenvalue weighted by Crippen LogP contribution is -2.25. The number of rotatable bonds is 5. The molecule has 2 rings (SSSR count). The number of aryl methyl sites for hydroxylation is 1. The average molecular weight is 277 g/mol. The molecule has 1 N–H and O–H groups in total. The van der Waals surface area contributed by atoms with Gasteiger partial charge in [0.2, 0.25) is 0 Å². The second-order valence-corrected chi connectivity index (χ2v) is 6.33. The molecule has 0 bridgehead atoms. The zero-order chi connectivity index (χ0) is 14.7. The fourth-order valence-corrected chi connectivity index (χ4v) is 4.02. The second kappa shape index (κ2) is 6.75. The Balaban J connectivity index is 2.30. The van der Waals surface area contributed by atoms with E-state index < -0.39 is 0 Å². The smallest absolute Gasteiger partial charge is 0.0644 e. The van der Waals surface area contributed by atoms with Gasteiger partial charge in [-0.25, -0.2) is 0 Å². The highest BCUT2D eigenvalue weighted by Crippen LogP contribution is 2.37. The zero-order valence-corrected chi connectivity index (χ0v) is 13.9. The normalized spacial score (nSPS) is 24.9. The van der Waals surface area contributed by atoms with Crippen LogP contribution >= 0.6 is 0 Å². The van der Waals surface area contributed by atoms with Crippen molar-refractivity contribution in [2.24, 2.45) is 5.92 Å². The van der Waals surface area contributed by atoms with Crippen molar-refractivity contribution in [2.45, 2.75) is 78.8 Å². The summed E-state index contributed by atoms with van der Waals surface area (Å²) in [5.41, 5.74) is 3.99. The van der Waals surface area contributed by atoms with Gasteiger partial charge in [-0.05, 0) is 46.1 Å². The van der Waals surface area contributed by atoms with E-state index >= 15 is 0 Å². The van der Waals surface area contributed by atoms with Gasteiger partial charge >= 0.3 is 0 Å². The fourth-order valence-electron chi connectivity index (χ4n) is 4.02. The van der Waals surface area contributed by atoms with Gasteiger partial charge in [0.15, 0.2) is 0 Å². The summed E-state index contributed by atoms with van der Waals surface area (Å²) in [6, 6.07) is 1.02. The highest BCUT2D eigenvalue weighted by molar-refractivity contribution is 5.28. The predicted molar refractivity (Wildman–Crippen MR) is 85.1 cm³/mol. The molecule has 3 heteroatoms. The van der Waals surface area contributed by atoms with E-state index in [4.69, 9.17) is 5.10 Å². The lowest BCUT2D eigenvalue weighted by Gasteiger charge is -2.32. The van der Waals surface area contributed by atoms with Crippen LogP contribution in [0.5, 0.6) is 0 Å². The van der Waals surface area contributed by atoms with Crippen LogP contribution in [-0.2, 0) is 0 Å². The fraction of sp³-hybridized carbons (Fsp3) is 0.824. The first kappa shape index (κ1) is 15.6. The van der Waals surface area contributed by atoms with Crippen molar-refractivity contribution in [3.05, 3.63) is 17.0 Å². The van der Waals surface area contributed by atoms with Crippen molar-refractivity contribution in [1.82, 2.24) is 15.1 Å². The van der Waals surface area contributed by atoms with E-state index in [0.717, 1.165) is 12.5 Å². The van der Waals surface area contributed by atoms with Gasteiger partial charge in [0.25, 0.3) is 0 Å². The molecule has 0 amide bonds. The maximum atomic E-state index is 4.91. The minimum Gasteiger partial charge on any atom is -0.310 e.